The average molecular weight is 388 g/mol. The molecule has 0 aromatic heterocycles. The van der Waals surface area contributed by atoms with Crippen LogP contribution in [-0.4, -0.2) is 24.5 Å². The van der Waals surface area contributed by atoms with Crippen LogP contribution >= 0.6 is 0 Å². The summed E-state index contributed by atoms with van der Waals surface area (Å²) in [6.45, 7) is 14.2. The molecular formula is C27H49N. The molecule has 0 aromatic carbocycles. The Balaban J connectivity index is 1.47. The maximum atomic E-state index is 2.74. The minimum Gasteiger partial charge on any atom is -0.303 e. The third kappa shape index (κ3) is 3.40. The average Bonchev–Trinajstić information content (AvgIpc) is 2.98. The van der Waals surface area contributed by atoms with Crippen LogP contribution in [0.3, 0.4) is 0 Å². The molecule has 0 amide bonds. The molecule has 0 radical (unpaired) electrons. The van der Waals surface area contributed by atoms with Crippen molar-refractivity contribution in [2.75, 3.05) is 13.6 Å². The summed E-state index contributed by atoms with van der Waals surface area (Å²) in [6.07, 6.45) is 16.5. The van der Waals surface area contributed by atoms with Crippen LogP contribution in [0, 0.1) is 46.3 Å². The zero-order valence-corrected chi connectivity index (χ0v) is 20.0. The molecule has 1 nitrogen and oxygen atoms in total. The Hall–Kier alpha value is -0.0400. The lowest BCUT2D eigenvalue weighted by molar-refractivity contribution is -0.125. The Bertz CT molecular complexity index is 540. The van der Waals surface area contributed by atoms with Gasteiger partial charge >= 0.3 is 0 Å². The standard InChI is InChI=1S/C27H49N/c1-19(2)9-7-10-20(3)22-12-13-23-21-11-14-25-27(5,16-8-18-28(25)6)24(21)15-17-26(22,23)4/h19-25H,7-18H2,1-6H3/t20-,21+,22-,23+,24+,25?,26-,27-/m1/s1. The zero-order valence-electron chi connectivity index (χ0n) is 20.0. The van der Waals surface area contributed by atoms with Gasteiger partial charge < -0.3 is 4.90 Å². The van der Waals surface area contributed by atoms with Gasteiger partial charge in [-0.1, -0.05) is 53.9 Å². The summed E-state index contributed by atoms with van der Waals surface area (Å²) in [5, 5.41) is 0. The topological polar surface area (TPSA) is 3.24 Å². The van der Waals surface area contributed by atoms with Crippen molar-refractivity contribution in [1.82, 2.24) is 4.90 Å². The first kappa shape index (κ1) is 21.2. The quantitative estimate of drug-likeness (QED) is 0.475. The fraction of sp³-hybridized carbons (Fsp3) is 1.00. The van der Waals surface area contributed by atoms with Crippen LogP contribution in [0.5, 0.6) is 0 Å². The lowest BCUT2D eigenvalue weighted by Gasteiger charge is -2.62. The highest BCUT2D eigenvalue weighted by atomic mass is 15.2. The van der Waals surface area contributed by atoms with Gasteiger partial charge in [0.05, 0.1) is 0 Å². The van der Waals surface area contributed by atoms with E-state index in [0.29, 0.717) is 10.8 Å². The number of hydrogen-bond donors (Lipinski definition) is 0. The SMILES string of the molecule is CC(C)CCC[C@@H](C)[C@H]1CC[C@H]2[C@@H]3CCC4N(C)CCC[C@]4(C)[C@H]3CC[C@]12C. The number of fused-ring (bicyclic) bond motifs is 5. The van der Waals surface area contributed by atoms with E-state index in [2.05, 4.69) is 46.6 Å². The minimum atomic E-state index is 0.609. The van der Waals surface area contributed by atoms with Gasteiger partial charge in [0.1, 0.15) is 0 Å². The largest absolute Gasteiger partial charge is 0.303 e. The predicted molar refractivity (Wildman–Crippen MR) is 121 cm³/mol. The highest BCUT2D eigenvalue weighted by molar-refractivity contribution is 5.10. The van der Waals surface area contributed by atoms with Crippen molar-refractivity contribution in [3.05, 3.63) is 0 Å². The Morgan fingerprint density at radius 3 is 2.36 bits per heavy atom. The summed E-state index contributed by atoms with van der Waals surface area (Å²) in [5.41, 5.74) is 1.26. The Kier molecular flexibility index (Phi) is 5.98. The van der Waals surface area contributed by atoms with Crippen LogP contribution in [-0.2, 0) is 0 Å². The van der Waals surface area contributed by atoms with E-state index in [0.717, 1.165) is 41.5 Å². The van der Waals surface area contributed by atoms with Gasteiger partial charge in [-0.2, -0.15) is 0 Å². The summed E-state index contributed by atoms with van der Waals surface area (Å²) in [7, 11) is 2.42. The van der Waals surface area contributed by atoms with Crippen molar-refractivity contribution < 1.29 is 0 Å². The second-order valence-electron chi connectivity index (χ2n) is 12.6. The summed E-state index contributed by atoms with van der Waals surface area (Å²) in [6, 6.07) is 0.874. The van der Waals surface area contributed by atoms with Crippen LogP contribution < -0.4 is 0 Å². The maximum absolute atomic E-state index is 2.74. The van der Waals surface area contributed by atoms with E-state index in [1.807, 2.05) is 0 Å². The number of likely N-dealkylation sites (tertiary alicyclic amines) is 1. The van der Waals surface area contributed by atoms with E-state index in [4.69, 9.17) is 0 Å². The highest BCUT2D eigenvalue weighted by Crippen LogP contribution is 2.67. The maximum Gasteiger partial charge on any atom is 0.0149 e. The zero-order chi connectivity index (χ0) is 20.1. The van der Waals surface area contributed by atoms with Gasteiger partial charge in [-0.05, 0) is 111 Å². The van der Waals surface area contributed by atoms with Crippen molar-refractivity contribution in [2.45, 2.75) is 111 Å². The molecule has 1 unspecified atom stereocenters. The van der Waals surface area contributed by atoms with E-state index in [9.17, 15) is 0 Å². The molecule has 0 aromatic rings. The lowest BCUT2D eigenvalue weighted by Crippen LogP contribution is -2.60. The van der Waals surface area contributed by atoms with Gasteiger partial charge in [-0.3, -0.25) is 0 Å². The van der Waals surface area contributed by atoms with Crippen molar-refractivity contribution in [1.29, 1.82) is 0 Å². The molecule has 0 bridgehead atoms. The minimum absolute atomic E-state index is 0.609. The normalized spacial score (nSPS) is 47.5. The Morgan fingerprint density at radius 1 is 0.857 bits per heavy atom. The van der Waals surface area contributed by atoms with E-state index >= 15 is 0 Å². The predicted octanol–water partition coefficient (Wildman–Crippen LogP) is 7.40. The molecule has 1 saturated heterocycles. The van der Waals surface area contributed by atoms with Crippen molar-refractivity contribution >= 4 is 0 Å². The molecule has 3 saturated carbocycles. The first-order valence-corrected chi connectivity index (χ1v) is 13.0. The molecule has 1 heteroatoms. The van der Waals surface area contributed by atoms with Crippen molar-refractivity contribution in [3.63, 3.8) is 0 Å². The molecule has 4 fully saturated rings. The van der Waals surface area contributed by atoms with Gasteiger partial charge in [0, 0.05) is 6.04 Å². The van der Waals surface area contributed by atoms with Gasteiger partial charge in [-0.25, -0.2) is 0 Å². The molecule has 0 N–H and O–H groups in total. The van der Waals surface area contributed by atoms with Gasteiger partial charge in [0.15, 0.2) is 0 Å². The summed E-state index contributed by atoms with van der Waals surface area (Å²) in [5.74, 6) is 5.91. The van der Waals surface area contributed by atoms with Crippen LogP contribution in [0.4, 0.5) is 0 Å². The lowest BCUT2D eigenvalue weighted by atomic mass is 9.46. The van der Waals surface area contributed by atoms with Gasteiger partial charge in [0.25, 0.3) is 0 Å². The first-order valence-electron chi connectivity index (χ1n) is 13.0. The molecule has 162 valence electrons. The Labute approximate surface area is 176 Å². The molecule has 3 aliphatic carbocycles. The van der Waals surface area contributed by atoms with E-state index in [1.54, 1.807) is 6.42 Å². The molecule has 4 rings (SSSR count). The monoisotopic (exact) mass is 387 g/mol. The Morgan fingerprint density at radius 2 is 1.61 bits per heavy atom. The summed E-state index contributed by atoms with van der Waals surface area (Å²) < 4.78 is 0. The fourth-order valence-corrected chi connectivity index (χ4v) is 9.40. The van der Waals surface area contributed by atoms with E-state index in [1.165, 1.54) is 70.8 Å². The van der Waals surface area contributed by atoms with Crippen LogP contribution in [0.15, 0.2) is 0 Å². The molecule has 1 heterocycles. The van der Waals surface area contributed by atoms with Gasteiger partial charge in [0.2, 0.25) is 0 Å². The smallest absolute Gasteiger partial charge is 0.0149 e. The summed E-state index contributed by atoms with van der Waals surface area (Å²) in [4.78, 5) is 2.74. The number of nitrogens with zero attached hydrogens (tertiary/aromatic N) is 1. The van der Waals surface area contributed by atoms with Gasteiger partial charge in [-0.15, -0.1) is 0 Å². The number of rotatable bonds is 5. The van der Waals surface area contributed by atoms with Crippen LogP contribution in [0.2, 0.25) is 0 Å². The van der Waals surface area contributed by atoms with E-state index in [-0.39, 0.29) is 0 Å². The van der Waals surface area contributed by atoms with E-state index < -0.39 is 0 Å². The number of hydrogen-bond acceptors (Lipinski definition) is 1. The van der Waals surface area contributed by atoms with Crippen molar-refractivity contribution in [2.24, 2.45) is 46.3 Å². The van der Waals surface area contributed by atoms with Crippen LogP contribution in [0.25, 0.3) is 0 Å². The van der Waals surface area contributed by atoms with Crippen molar-refractivity contribution in [3.8, 4) is 0 Å². The van der Waals surface area contributed by atoms with Crippen LogP contribution in [0.1, 0.15) is 105 Å². The second kappa shape index (κ2) is 7.90. The number of piperidine rings is 1. The third-order valence-corrected chi connectivity index (χ3v) is 10.8. The first-order chi connectivity index (χ1) is 13.3. The second-order valence-corrected chi connectivity index (χ2v) is 12.6. The third-order valence-electron chi connectivity index (χ3n) is 10.8. The molecule has 1 aliphatic heterocycles. The molecule has 28 heavy (non-hydrogen) atoms. The molecule has 8 atom stereocenters. The molecule has 4 aliphatic rings. The summed E-state index contributed by atoms with van der Waals surface area (Å²) >= 11 is 0. The fourth-order valence-electron chi connectivity index (χ4n) is 9.40. The molecule has 0 spiro atoms. The highest BCUT2D eigenvalue weighted by Gasteiger charge is 2.60. The molecular weight excluding hydrogens is 338 g/mol.